The van der Waals surface area contributed by atoms with Crippen LogP contribution >= 0.6 is 0 Å². The van der Waals surface area contributed by atoms with E-state index in [1.165, 1.54) is 0 Å². The van der Waals surface area contributed by atoms with Crippen molar-refractivity contribution >= 4 is 0 Å². The van der Waals surface area contributed by atoms with Gasteiger partial charge in [-0.25, -0.2) is 0 Å². The zero-order valence-electron chi connectivity index (χ0n) is 13.2. The van der Waals surface area contributed by atoms with E-state index >= 15 is 0 Å². The molecule has 1 saturated heterocycles. The molecule has 0 amide bonds. The van der Waals surface area contributed by atoms with Gasteiger partial charge in [-0.3, -0.25) is 9.80 Å². The van der Waals surface area contributed by atoms with E-state index in [1.807, 2.05) is 13.8 Å². The van der Waals surface area contributed by atoms with Crippen molar-refractivity contribution in [3.8, 4) is 0 Å². The highest BCUT2D eigenvalue weighted by Crippen LogP contribution is 2.10. The van der Waals surface area contributed by atoms with Gasteiger partial charge in [0.1, 0.15) is 0 Å². The number of aryl methyl sites for hydroxylation is 2. The Kier molecular flexibility index (Phi) is 4.79. The normalized spacial score (nSPS) is 17.7. The molecule has 0 radical (unpaired) electrons. The molecule has 22 heavy (non-hydrogen) atoms. The second-order valence-corrected chi connectivity index (χ2v) is 5.59. The molecule has 2 aromatic heterocycles. The van der Waals surface area contributed by atoms with Crippen LogP contribution in [-0.2, 0) is 19.5 Å². The third kappa shape index (κ3) is 3.89. The van der Waals surface area contributed by atoms with E-state index in [0.717, 1.165) is 63.8 Å². The number of hydrogen-bond donors (Lipinski definition) is 0. The predicted octanol–water partition coefficient (Wildman–Crippen LogP) is 1.03. The minimum absolute atomic E-state index is 0.620. The van der Waals surface area contributed by atoms with Gasteiger partial charge in [0, 0.05) is 26.4 Å². The van der Waals surface area contributed by atoms with Crippen molar-refractivity contribution < 1.29 is 9.05 Å². The van der Waals surface area contributed by atoms with Gasteiger partial charge in [0.2, 0.25) is 11.8 Å². The van der Waals surface area contributed by atoms with Crippen LogP contribution in [0.15, 0.2) is 9.05 Å². The van der Waals surface area contributed by atoms with Crippen LogP contribution in [0, 0.1) is 6.92 Å². The molecule has 1 aliphatic heterocycles. The first kappa shape index (κ1) is 15.1. The molecule has 0 unspecified atom stereocenters. The first-order valence-corrected chi connectivity index (χ1v) is 7.78. The average molecular weight is 306 g/mol. The standard InChI is InChI=1S/C14H22N6O2/c1-3-12-16-14(22-17-12)10-20-6-4-5-19(7-8-20)9-13-15-11(2)21-18-13/h3-10H2,1-2H3. The van der Waals surface area contributed by atoms with Gasteiger partial charge >= 0.3 is 0 Å². The topological polar surface area (TPSA) is 84.3 Å². The molecule has 3 heterocycles. The van der Waals surface area contributed by atoms with Crippen molar-refractivity contribution in [3.63, 3.8) is 0 Å². The summed E-state index contributed by atoms with van der Waals surface area (Å²) in [6, 6.07) is 0. The van der Waals surface area contributed by atoms with E-state index in [2.05, 4.69) is 30.1 Å². The second-order valence-electron chi connectivity index (χ2n) is 5.59. The summed E-state index contributed by atoms with van der Waals surface area (Å²) in [5.41, 5.74) is 0. The van der Waals surface area contributed by atoms with E-state index < -0.39 is 0 Å². The third-order valence-corrected chi connectivity index (χ3v) is 3.80. The predicted molar refractivity (Wildman–Crippen MR) is 77.9 cm³/mol. The van der Waals surface area contributed by atoms with Gasteiger partial charge in [-0.15, -0.1) is 0 Å². The van der Waals surface area contributed by atoms with E-state index in [1.54, 1.807) is 0 Å². The van der Waals surface area contributed by atoms with Crippen LogP contribution in [0.5, 0.6) is 0 Å². The molecule has 0 bridgehead atoms. The highest BCUT2D eigenvalue weighted by atomic mass is 16.5. The van der Waals surface area contributed by atoms with Crippen LogP contribution in [0.1, 0.15) is 36.8 Å². The van der Waals surface area contributed by atoms with Gasteiger partial charge in [0.05, 0.1) is 13.1 Å². The lowest BCUT2D eigenvalue weighted by Gasteiger charge is -2.19. The van der Waals surface area contributed by atoms with Crippen LogP contribution in [0.25, 0.3) is 0 Å². The lowest BCUT2D eigenvalue weighted by atomic mass is 10.3. The Morgan fingerprint density at radius 3 is 2.27 bits per heavy atom. The van der Waals surface area contributed by atoms with Gasteiger partial charge in [-0.05, 0) is 19.5 Å². The van der Waals surface area contributed by atoms with Crippen LogP contribution in [0.4, 0.5) is 0 Å². The molecule has 3 rings (SSSR count). The molecule has 1 aliphatic rings. The molecular weight excluding hydrogens is 284 g/mol. The van der Waals surface area contributed by atoms with Crippen molar-refractivity contribution in [1.82, 2.24) is 30.1 Å². The van der Waals surface area contributed by atoms with Crippen LogP contribution in [0.3, 0.4) is 0 Å². The highest BCUT2D eigenvalue weighted by molar-refractivity contribution is 4.87. The number of hydrogen-bond acceptors (Lipinski definition) is 8. The minimum Gasteiger partial charge on any atom is -0.340 e. The Hall–Kier alpha value is -1.80. The van der Waals surface area contributed by atoms with Gasteiger partial charge in [0.15, 0.2) is 11.6 Å². The molecular formula is C14H22N6O2. The fourth-order valence-corrected chi connectivity index (χ4v) is 2.64. The molecule has 120 valence electrons. The first-order valence-electron chi connectivity index (χ1n) is 7.78. The van der Waals surface area contributed by atoms with Crippen LogP contribution in [-0.4, -0.2) is 56.3 Å². The third-order valence-electron chi connectivity index (χ3n) is 3.80. The first-order chi connectivity index (χ1) is 10.7. The Morgan fingerprint density at radius 2 is 1.64 bits per heavy atom. The summed E-state index contributed by atoms with van der Waals surface area (Å²) in [6.07, 6.45) is 1.91. The largest absolute Gasteiger partial charge is 0.340 e. The van der Waals surface area contributed by atoms with Gasteiger partial charge in [-0.2, -0.15) is 9.97 Å². The van der Waals surface area contributed by atoms with Gasteiger partial charge < -0.3 is 9.05 Å². The van der Waals surface area contributed by atoms with E-state index in [-0.39, 0.29) is 0 Å². The fourth-order valence-electron chi connectivity index (χ4n) is 2.64. The molecule has 0 atom stereocenters. The summed E-state index contributed by atoms with van der Waals surface area (Å²) < 4.78 is 10.3. The number of aromatic nitrogens is 4. The SMILES string of the molecule is CCc1noc(CN2CCCN(Cc3noc(C)n3)CC2)n1. The zero-order valence-corrected chi connectivity index (χ0v) is 13.2. The highest BCUT2D eigenvalue weighted by Gasteiger charge is 2.18. The summed E-state index contributed by atoms with van der Waals surface area (Å²) in [4.78, 5) is 13.4. The summed E-state index contributed by atoms with van der Waals surface area (Å²) in [6.45, 7) is 9.32. The molecule has 0 aromatic carbocycles. The van der Waals surface area contributed by atoms with Crippen molar-refractivity contribution in [2.75, 3.05) is 26.2 Å². The Bertz CT molecular complexity index is 596. The van der Waals surface area contributed by atoms with Crippen molar-refractivity contribution in [2.45, 2.75) is 39.8 Å². The molecule has 8 heteroatoms. The Morgan fingerprint density at radius 1 is 0.909 bits per heavy atom. The summed E-state index contributed by atoms with van der Waals surface area (Å²) in [7, 11) is 0. The maximum absolute atomic E-state index is 5.28. The van der Waals surface area contributed by atoms with E-state index in [4.69, 9.17) is 9.05 Å². The lowest BCUT2D eigenvalue weighted by molar-refractivity contribution is 0.219. The fraction of sp³-hybridized carbons (Fsp3) is 0.714. The summed E-state index contributed by atoms with van der Waals surface area (Å²) in [5, 5.41) is 7.91. The zero-order chi connectivity index (χ0) is 15.4. The molecule has 8 nitrogen and oxygen atoms in total. The summed E-state index contributed by atoms with van der Waals surface area (Å²) >= 11 is 0. The Balaban J connectivity index is 1.51. The average Bonchev–Trinajstić information content (AvgIpc) is 3.06. The quantitative estimate of drug-likeness (QED) is 0.810. The second kappa shape index (κ2) is 6.97. The maximum Gasteiger partial charge on any atom is 0.240 e. The van der Waals surface area contributed by atoms with Gasteiger partial charge in [-0.1, -0.05) is 17.2 Å². The number of rotatable bonds is 5. The van der Waals surface area contributed by atoms with Gasteiger partial charge in [0.25, 0.3) is 0 Å². The van der Waals surface area contributed by atoms with Crippen molar-refractivity contribution in [2.24, 2.45) is 0 Å². The van der Waals surface area contributed by atoms with E-state index in [9.17, 15) is 0 Å². The van der Waals surface area contributed by atoms with Crippen LogP contribution < -0.4 is 0 Å². The Labute approximate surface area is 129 Å². The molecule has 0 spiro atoms. The molecule has 1 fully saturated rings. The maximum atomic E-state index is 5.28. The molecule has 0 aliphatic carbocycles. The van der Waals surface area contributed by atoms with Crippen molar-refractivity contribution in [3.05, 3.63) is 23.4 Å². The lowest BCUT2D eigenvalue weighted by Crippen LogP contribution is -2.30. The molecule has 2 aromatic rings. The number of nitrogens with zero attached hydrogens (tertiary/aromatic N) is 6. The van der Waals surface area contributed by atoms with Crippen LogP contribution in [0.2, 0.25) is 0 Å². The minimum atomic E-state index is 0.620. The molecule has 0 N–H and O–H groups in total. The monoisotopic (exact) mass is 306 g/mol. The summed E-state index contributed by atoms with van der Waals surface area (Å²) in [5.74, 6) is 2.86. The molecule has 0 saturated carbocycles. The van der Waals surface area contributed by atoms with E-state index in [0.29, 0.717) is 11.8 Å². The van der Waals surface area contributed by atoms with Crippen molar-refractivity contribution in [1.29, 1.82) is 0 Å². The smallest absolute Gasteiger partial charge is 0.240 e.